The van der Waals surface area contributed by atoms with E-state index in [0.29, 0.717) is 25.6 Å². The number of benzene rings is 1. The van der Waals surface area contributed by atoms with Crippen molar-refractivity contribution >= 4 is 5.91 Å². The number of nitrogens with zero attached hydrogens (tertiary/aromatic N) is 2. The van der Waals surface area contributed by atoms with Crippen LogP contribution in [0, 0.1) is 0 Å². The van der Waals surface area contributed by atoms with Crippen molar-refractivity contribution in [1.82, 2.24) is 9.88 Å². The van der Waals surface area contributed by atoms with Crippen molar-refractivity contribution in [2.75, 3.05) is 6.61 Å². The van der Waals surface area contributed by atoms with E-state index in [2.05, 4.69) is 37.9 Å². The summed E-state index contributed by atoms with van der Waals surface area (Å²) in [6.07, 6.45) is 7.09. The number of hydrogen-bond acceptors (Lipinski definition) is 3. The van der Waals surface area contributed by atoms with Crippen LogP contribution in [0.1, 0.15) is 57.6 Å². The lowest BCUT2D eigenvalue weighted by atomic mass is 9.87. The zero-order valence-corrected chi connectivity index (χ0v) is 16.6. The summed E-state index contributed by atoms with van der Waals surface area (Å²) in [6.45, 7) is 7.82. The standard InChI is InChI=1S/C23H30N2O2/c1-23(2,3)19-8-12-21(13-9-19)27-15-5-7-22(26)25(20-10-11-20)17-18-6-4-14-24-16-18/h4,6,8-9,12-14,16,20H,5,7,10-11,15,17H2,1-3H3. The van der Waals surface area contributed by atoms with Gasteiger partial charge >= 0.3 is 0 Å². The highest BCUT2D eigenvalue weighted by molar-refractivity contribution is 5.76. The minimum atomic E-state index is 0.144. The van der Waals surface area contributed by atoms with E-state index >= 15 is 0 Å². The van der Waals surface area contributed by atoms with Crippen LogP contribution in [-0.2, 0) is 16.8 Å². The summed E-state index contributed by atoms with van der Waals surface area (Å²) in [5.74, 6) is 1.08. The molecule has 1 amide bonds. The largest absolute Gasteiger partial charge is 0.494 e. The maximum atomic E-state index is 12.6. The normalized spacial score (nSPS) is 14.0. The van der Waals surface area contributed by atoms with Crippen LogP contribution in [0.25, 0.3) is 0 Å². The molecule has 1 heterocycles. The fourth-order valence-corrected chi connectivity index (χ4v) is 3.10. The second-order valence-corrected chi connectivity index (χ2v) is 8.34. The third kappa shape index (κ3) is 5.81. The van der Waals surface area contributed by atoms with Crippen molar-refractivity contribution in [3.05, 3.63) is 59.9 Å². The first-order valence-electron chi connectivity index (χ1n) is 9.85. The van der Waals surface area contributed by atoms with Crippen LogP contribution in [0.2, 0.25) is 0 Å². The van der Waals surface area contributed by atoms with Gasteiger partial charge < -0.3 is 9.64 Å². The van der Waals surface area contributed by atoms with Crippen molar-refractivity contribution < 1.29 is 9.53 Å². The molecule has 0 unspecified atom stereocenters. The lowest BCUT2D eigenvalue weighted by molar-refractivity contribution is -0.132. The van der Waals surface area contributed by atoms with Gasteiger partial charge in [-0.1, -0.05) is 39.0 Å². The molecule has 1 aromatic heterocycles. The van der Waals surface area contributed by atoms with Gasteiger partial charge in [-0.2, -0.15) is 0 Å². The first kappa shape index (κ1) is 19.4. The van der Waals surface area contributed by atoms with E-state index in [4.69, 9.17) is 4.74 Å². The Morgan fingerprint density at radius 3 is 2.52 bits per heavy atom. The molecule has 0 bridgehead atoms. The van der Waals surface area contributed by atoms with Gasteiger partial charge in [0.1, 0.15) is 5.75 Å². The van der Waals surface area contributed by atoms with E-state index < -0.39 is 0 Å². The lowest BCUT2D eigenvalue weighted by Gasteiger charge is -2.22. The van der Waals surface area contributed by atoms with Crippen LogP contribution < -0.4 is 4.74 Å². The number of aromatic nitrogens is 1. The van der Waals surface area contributed by atoms with Gasteiger partial charge in [0.05, 0.1) is 6.61 Å². The van der Waals surface area contributed by atoms with Crippen LogP contribution in [-0.4, -0.2) is 28.4 Å². The number of pyridine rings is 1. The van der Waals surface area contributed by atoms with Crippen LogP contribution in [0.15, 0.2) is 48.8 Å². The van der Waals surface area contributed by atoms with Gasteiger partial charge in [-0.05, 0) is 54.0 Å². The third-order valence-electron chi connectivity index (χ3n) is 4.91. The van der Waals surface area contributed by atoms with Crippen molar-refractivity contribution in [1.29, 1.82) is 0 Å². The fourth-order valence-electron chi connectivity index (χ4n) is 3.10. The lowest BCUT2D eigenvalue weighted by Crippen LogP contribution is -2.32. The van der Waals surface area contributed by atoms with Crippen molar-refractivity contribution in [3.63, 3.8) is 0 Å². The Hall–Kier alpha value is -2.36. The maximum Gasteiger partial charge on any atom is 0.223 e. The molecule has 0 radical (unpaired) electrons. The van der Waals surface area contributed by atoms with Crippen molar-refractivity contribution in [3.8, 4) is 5.75 Å². The number of hydrogen-bond donors (Lipinski definition) is 0. The van der Waals surface area contributed by atoms with Crippen LogP contribution in [0.4, 0.5) is 0 Å². The Labute approximate surface area is 162 Å². The SMILES string of the molecule is CC(C)(C)c1ccc(OCCCC(=O)N(Cc2cccnc2)C2CC2)cc1. The topological polar surface area (TPSA) is 42.4 Å². The maximum absolute atomic E-state index is 12.6. The van der Waals surface area contributed by atoms with Gasteiger partial charge in [0, 0.05) is 31.4 Å². The summed E-state index contributed by atoms with van der Waals surface area (Å²) in [5.41, 5.74) is 2.53. The second kappa shape index (κ2) is 8.55. The first-order chi connectivity index (χ1) is 12.9. The average Bonchev–Trinajstić information content (AvgIpc) is 3.48. The Balaban J connectivity index is 1.44. The summed E-state index contributed by atoms with van der Waals surface area (Å²) in [5, 5.41) is 0. The molecule has 0 N–H and O–H groups in total. The highest BCUT2D eigenvalue weighted by Crippen LogP contribution is 2.29. The Morgan fingerprint density at radius 1 is 1.19 bits per heavy atom. The minimum Gasteiger partial charge on any atom is -0.494 e. The predicted octanol–water partition coefficient (Wildman–Crippen LogP) is 4.73. The summed E-state index contributed by atoms with van der Waals surface area (Å²) in [7, 11) is 0. The van der Waals surface area contributed by atoms with Crippen LogP contribution >= 0.6 is 0 Å². The van der Waals surface area contributed by atoms with Crippen molar-refractivity contribution in [2.24, 2.45) is 0 Å². The first-order valence-corrected chi connectivity index (χ1v) is 9.85. The molecular weight excluding hydrogens is 336 g/mol. The molecule has 4 heteroatoms. The molecule has 1 saturated carbocycles. The molecule has 2 aromatic rings. The molecule has 3 rings (SSSR count). The molecule has 1 aromatic carbocycles. The number of carbonyl (C=O) groups is 1. The number of ether oxygens (including phenoxy) is 1. The molecule has 4 nitrogen and oxygen atoms in total. The molecule has 0 aliphatic heterocycles. The van der Waals surface area contributed by atoms with Gasteiger partial charge in [0.25, 0.3) is 0 Å². The summed E-state index contributed by atoms with van der Waals surface area (Å²) in [6, 6.07) is 12.6. The zero-order valence-electron chi connectivity index (χ0n) is 16.6. The van der Waals surface area contributed by atoms with E-state index in [1.54, 1.807) is 6.20 Å². The van der Waals surface area contributed by atoms with E-state index in [1.807, 2.05) is 35.4 Å². The molecule has 1 fully saturated rings. The molecule has 0 atom stereocenters. The Bertz CT molecular complexity index is 731. The van der Waals surface area contributed by atoms with Gasteiger partial charge in [-0.15, -0.1) is 0 Å². The van der Waals surface area contributed by atoms with Gasteiger partial charge in [-0.25, -0.2) is 0 Å². The van der Waals surface area contributed by atoms with Crippen molar-refractivity contribution in [2.45, 2.75) is 64.5 Å². The van der Waals surface area contributed by atoms with E-state index in [9.17, 15) is 4.79 Å². The molecular formula is C23H30N2O2. The Kier molecular flexibility index (Phi) is 6.15. The van der Waals surface area contributed by atoms with E-state index in [-0.39, 0.29) is 11.3 Å². The predicted molar refractivity (Wildman–Crippen MR) is 108 cm³/mol. The van der Waals surface area contributed by atoms with Gasteiger partial charge in [-0.3, -0.25) is 9.78 Å². The fraction of sp³-hybridized carbons (Fsp3) is 0.478. The van der Waals surface area contributed by atoms with Gasteiger partial charge in [0.15, 0.2) is 0 Å². The number of carbonyl (C=O) groups excluding carboxylic acids is 1. The van der Waals surface area contributed by atoms with Crippen LogP contribution in [0.3, 0.4) is 0 Å². The van der Waals surface area contributed by atoms with Crippen LogP contribution in [0.5, 0.6) is 5.75 Å². The van der Waals surface area contributed by atoms with E-state index in [1.165, 1.54) is 5.56 Å². The second-order valence-electron chi connectivity index (χ2n) is 8.34. The summed E-state index contributed by atoms with van der Waals surface area (Å²) in [4.78, 5) is 18.8. The molecule has 1 aliphatic carbocycles. The molecule has 0 saturated heterocycles. The highest BCUT2D eigenvalue weighted by atomic mass is 16.5. The summed E-state index contributed by atoms with van der Waals surface area (Å²) < 4.78 is 5.82. The minimum absolute atomic E-state index is 0.144. The quantitative estimate of drug-likeness (QED) is 0.634. The van der Waals surface area contributed by atoms with E-state index in [0.717, 1.165) is 30.6 Å². The molecule has 1 aliphatic rings. The number of amides is 1. The van der Waals surface area contributed by atoms with Gasteiger partial charge in [0.2, 0.25) is 5.91 Å². The average molecular weight is 367 g/mol. The highest BCUT2D eigenvalue weighted by Gasteiger charge is 2.32. The summed E-state index contributed by atoms with van der Waals surface area (Å²) >= 11 is 0. The zero-order chi connectivity index (χ0) is 19.3. The Morgan fingerprint density at radius 2 is 1.93 bits per heavy atom. The number of rotatable bonds is 8. The molecule has 27 heavy (non-hydrogen) atoms. The monoisotopic (exact) mass is 366 g/mol. The molecule has 144 valence electrons. The third-order valence-corrected chi connectivity index (χ3v) is 4.91. The molecule has 0 spiro atoms. The smallest absolute Gasteiger partial charge is 0.223 e.